The van der Waals surface area contributed by atoms with Gasteiger partial charge in [0.05, 0.1) is 13.2 Å². The summed E-state index contributed by atoms with van der Waals surface area (Å²) in [4.78, 5) is 0. The summed E-state index contributed by atoms with van der Waals surface area (Å²) in [6.07, 6.45) is 0.305. The summed E-state index contributed by atoms with van der Waals surface area (Å²) in [5.41, 5.74) is 2.09. The second-order valence-electron chi connectivity index (χ2n) is 5.10. The van der Waals surface area contributed by atoms with Crippen LogP contribution in [0, 0.1) is 0 Å². The highest BCUT2D eigenvalue weighted by molar-refractivity contribution is 5.30. The van der Waals surface area contributed by atoms with Gasteiger partial charge in [0.25, 0.3) is 0 Å². The maximum Gasteiger partial charge on any atom is 0.119 e. The fourth-order valence-electron chi connectivity index (χ4n) is 2.38. The van der Waals surface area contributed by atoms with Gasteiger partial charge in [0.2, 0.25) is 0 Å². The van der Waals surface area contributed by atoms with Crippen LogP contribution in [0.3, 0.4) is 0 Å². The molecule has 0 radical (unpaired) electrons. The van der Waals surface area contributed by atoms with Crippen LogP contribution in [0.15, 0.2) is 54.6 Å². The molecule has 21 heavy (non-hydrogen) atoms. The zero-order chi connectivity index (χ0) is 15.1. The Balaban J connectivity index is 2.02. The fourth-order valence-corrected chi connectivity index (χ4v) is 2.38. The molecule has 0 fully saturated rings. The van der Waals surface area contributed by atoms with Crippen LogP contribution in [0.2, 0.25) is 0 Å². The minimum atomic E-state index is -0.547. The van der Waals surface area contributed by atoms with Crippen LogP contribution < -0.4 is 10.1 Å². The number of aliphatic hydroxyl groups excluding tert-OH is 1. The molecule has 0 amide bonds. The molecule has 2 N–H and O–H groups in total. The highest BCUT2D eigenvalue weighted by Crippen LogP contribution is 2.23. The lowest BCUT2D eigenvalue weighted by Gasteiger charge is -2.23. The third kappa shape index (κ3) is 4.31. The van der Waals surface area contributed by atoms with E-state index >= 15 is 0 Å². The molecule has 2 rings (SSSR count). The van der Waals surface area contributed by atoms with Gasteiger partial charge in [-0.05, 0) is 29.7 Å². The Morgan fingerprint density at radius 1 is 1.10 bits per heavy atom. The van der Waals surface area contributed by atoms with Gasteiger partial charge in [0, 0.05) is 12.6 Å². The molecule has 2 aromatic carbocycles. The van der Waals surface area contributed by atoms with E-state index in [2.05, 4.69) is 24.4 Å². The average Bonchev–Trinajstić information content (AvgIpc) is 2.56. The van der Waals surface area contributed by atoms with Crippen molar-refractivity contribution in [1.29, 1.82) is 0 Å². The van der Waals surface area contributed by atoms with Crippen molar-refractivity contribution in [3.63, 3.8) is 0 Å². The summed E-state index contributed by atoms with van der Waals surface area (Å²) in [5, 5.41) is 14.0. The summed E-state index contributed by atoms with van der Waals surface area (Å²) in [7, 11) is 1.64. The summed E-state index contributed by atoms with van der Waals surface area (Å²) < 4.78 is 5.22. The third-order valence-corrected chi connectivity index (χ3v) is 3.67. The number of aliphatic hydroxyl groups is 1. The zero-order valence-electron chi connectivity index (χ0n) is 12.6. The molecule has 0 aliphatic rings. The fraction of sp³-hybridized carbons (Fsp3) is 0.333. The van der Waals surface area contributed by atoms with Crippen molar-refractivity contribution in [2.45, 2.75) is 32.0 Å². The molecule has 2 atom stereocenters. The van der Waals surface area contributed by atoms with Gasteiger partial charge in [-0.2, -0.15) is 0 Å². The maximum absolute atomic E-state index is 10.6. The zero-order valence-corrected chi connectivity index (χ0v) is 12.6. The van der Waals surface area contributed by atoms with Crippen molar-refractivity contribution in [1.82, 2.24) is 5.32 Å². The van der Waals surface area contributed by atoms with Crippen LogP contribution in [0.25, 0.3) is 0 Å². The molecular weight excluding hydrogens is 262 g/mol. The van der Waals surface area contributed by atoms with Gasteiger partial charge in [0.15, 0.2) is 0 Å². The number of ether oxygens (including phenoxy) is 1. The highest BCUT2D eigenvalue weighted by Gasteiger charge is 2.19. The number of benzene rings is 2. The minimum Gasteiger partial charge on any atom is -0.497 e. The molecule has 0 aromatic heterocycles. The molecule has 0 spiro atoms. The Hall–Kier alpha value is -1.84. The van der Waals surface area contributed by atoms with Gasteiger partial charge >= 0.3 is 0 Å². The molecule has 2 aromatic rings. The summed E-state index contributed by atoms with van der Waals surface area (Å²) in [6, 6.07) is 17.8. The Kier molecular flexibility index (Phi) is 5.78. The largest absolute Gasteiger partial charge is 0.497 e. The van der Waals surface area contributed by atoms with E-state index in [4.69, 9.17) is 4.74 Å². The summed E-state index contributed by atoms with van der Waals surface area (Å²) >= 11 is 0. The summed E-state index contributed by atoms with van der Waals surface area (Å²) in [5.74, 6) is 0.768. The van der Waals surface area contributed by atoms with Gasteiger partial charge in [-0.1, -0.05) is 49.4 Å². The first-order valence-corrected chi connectivity index (χ1v) is 7.34. The van der Waals surface area contributed by atoms with Crippen molar-refractivity contribution >= 4 is 0 Å². The van der Waals surface area contributed by atoms with Gasteiger partial charge in [0.1, 0.15) is 5.75 Å². The Labute approximate surface area is 126 Å². The van der Waals surface area contributed by atoms with E-state index in [0.717, 1.165) is 24.3 Å². The smallest absolute Gasteiger partial charge is 0.119 e. The van der Waals surface area contributed by atoms with Crippen molar-refractivity contribution < 1.29 is 9.84 Å². The van der Waals surface area contributed by atoms with Gasteiger partial charge in [-0.3, -0.25) is 0 Å². The average molecular weight is 285 g/mol. The standard InChI is InChI=1S/C18H23NO2/c1-3-17(19-13-14-8-5-4-6-9-14)18(20)15-10-7-11-16(12-15)21-2/h4-12,17-20H,3,13H2,1-2H3. The lowest BCUT2D eigenvalue weighted by Crippen LogP contribution is -2.34. The quantitative estimate of drug-likeness (QED) is 0.820. The molecule has 2 unspecified atom stereocenters. The van der Waals surface area contributed by atoms with E-state index in [9.17, 15) is 5.11 Å². The van der Waals surface area contributed by atoms with Gasteiger partial charge < -0.3 is 15.2 Å². The van der Waals surface area contributed by atoms with Crippen molar-refractivity contribution in [2.75, 3.05) is 7.11 Å². The lowest BCUT2D eigenvalue weighted by atomic mass is 9.99. The van der Waals surface area contributed by atoms with E-state index < -0.39 is 6.10 Å². The molecule has 0 saturated carbocycles. The van der Waals surface area contributed by atoms with Crippen molar-refractivity contribution in [2.24, 2.45) is 0 Å². The second-order valence-corrected chi connectivity index (χ2v) is 5.10. The van der Waals surface area contributed by atoms with Crippen LogP contribution in [0.5, 0.6) is 5.75 Å². The predicted octanol–water partition coefficient (Wildman–Crippen LogP) is 3.30. The first-order valence-electron chi connectivity index (χ1n) is 7.34. The molecule has 112 valence electrons. The number of nitrogens with one attached hydrogen (secondary N) is 1. The van der Waals surface area contributed by atoms with E-state index in [1.165, 1.54) is 5.56 Å². The van der Waals surface area contributed by atoms with E-state index in [0.29, 0.717) is 0 Å². The van der Waals surface area contributed by atoms with E-state index in [-0.39, 0.29) is 6.04 Å². The number of hydrogen-bond donors (Lipinski definition) is 2. The third-order valence-electron chi connectivity index (χ3n) is 3.67. The minimum absolute atomic E-state index is 0.0114. The molecule has 3 heteroatoms. The SMILES string of the molecule is CCC(NCc1ccccc1)C(O)c1cccc(OC)c1. The van der Waals surface area contributed by atoms with Gasteiger partial charge in [-0.15, -0.1) is 0 Å². The molecular formula is C18H23NO2. The van der Waals surface area contributed by atoms with Crippen LogP contribution in [0.1, 0.15) is 30.6 Å². The van der Waals surface area contributed by atoms with Crippen molar-refractivity contribution in [3.8, 4) is 5.75 Å². The van der Waals surface area contributed by atoms with Crippen LogP contribution in [-0.4, -0.2) is 18.3 Å². The maximum atomic E-state index is 10.6. The first-order chi connectivity index (χ1) is 10.2. The lowest BCUT2D eigenvalue weighted by molar-refractivity contribution is 0.125. The Bertz CT molecular complexity index is 542. The number of rotatable bonds is 7. The molecule has 0 heterocycles. The normalized spacial score (nSPS) is 13.7. The molecule has 0 bridgehead atoms. The first kappa shape index (κ1) is 15.5. The summed E-state index contributed by atoms with van der Waals surface area (Å²) in [6.45, 7) is 2.83. The van der Waals surface area contributed by atoms with E-state index in [1.807, 2.05) is 42.5 Å². The molecule has 0 aliphatic heterocycles. The van der Waals surface area contributed by atoms with Crippen LogP contribution in [0.4, 0.5) is 0 Å². The molecule has 3 nitrogen and oxygen atoms in total. The molecule has 0 saturated heterocycles. The van der Waals surface area contributed by atoms with Crippen LogP contribution in [-0.2, 0) is 6.54 Å². The predicted molar refractivity (Wildman–Crippen MR) is 85.3 cm³/mol. The van der Waals surface area contributed by atoms with Crippen molar-refractivity contribution in [3.05, 3.63) is 65.7 Å². The second kappa shape index (κ2) is 7.81. The Morgan fingerprint density at radius 3 is 2.52 bits per heavy atom. The highest BCUT2D eigenvalue weighted by atomic mass is 16.5. The number of methoxy groups -OCH3 is 1. The molecule has 0 aliphatic carbocycles. The van der Waals surface area contributed by atoms with Crippen LogP contribution >= 0.6 is 0 Å². The monoisotopic (exact) mass is 285 g/mol. The number of hydrogen-bond acceptors (Lipinski definition) is 3. The topological polar surface area (TPSA) is 41.5 Å². The van der Waals surface area contributed by atoms with Gasteiger partial charge in [-0.25, -0.2) is 0 Å². The van der Waals surface area contributed by atoms with E-state index in [1.54, 1.807) is 7.11 Å². The Morgan fingerprint density at radius 2 is 1.86 bits per heavy atom.